The van der Waals surface area contributed by atoms with Gasteiger partial charge in [0.25, 0.3) is 0 Å². The fraction of sp³-hybridized carbons (Fsp3) is 0. The molecule has 0 saturated heterocycles. The average Bonchev–Trinajstić information content (AvgIpc) is 1.52. The summed E-state index contributed by atoms with van der Waals surface area (Å²) in [5.74, 6) is 1.47. The molecule has 6 heteroatoms. The maximum atomic E-state index is 5.93. The lowest BCUT2D eigenvalue weighted by molar-refractivity contribution is 0.996. The molecule has 20 aromatic rings. The standard InChI is InChI=1S/C92H58N6/c1-5-22-59(23-6-1)68-51-69(60-24-7-2-8-25-60)53-70(52-68)62-27-21-26-61(50-62)67-40-45-81-82(58-67)94-92(98-86-39-20-16-35-76(86)80-57-66(44-49-90(80)98)64-42-47-88-78(55-64)74-33-14-18-37-84(74)96(88)72-30-11-4-12-31-72)91(93-81)97-85-38-19-15-34-75(85)79-56-65(43-48-89(79)97)63-41-46-87-77(54-63)73-32-13-17-36-83(73)95(87)71-28-9-3-10-29-71/h1-58H. The minimum Gasteiger partial charge on any atom is -0.309 e. The van der Waals surface area contributed by atoms with E-state index in [2.05, 4.69) is 370 Å². The summed E-state index contributed by atoms with van der Waals surface area (Å²) in [5, 5.41) is 9.41. The summed E-state index contributed by atoms with van der Waals surface area (Å²) < 4.78 is 9.47. The van der Waals surface area contributed by atoms with Gasteiger partial charge in [-0.15, -0.1) is 0 Å². The first-order chi connectivity index (χ1) is 48.6. The van der Waals surface area contributed by atoms with E-state index in [0.717, 1.165) is 122 Å². The molecule has 0 amide bonds. The van der Waals surface area contributed by atoms with Crippen molar-refractivity contribution in [2.45, 2.75) is 0 Å². The number of para-hydroxylation sites is 6. The molecular weight excluding hydrogens is 1190 g/mol. The number of rotatable bonds is 10. The number of hydrogen-bond acceptors (Lipinski definition) is 2. The smallest absolute Gasteiger partial charge is 0.182 e. The minimum atomic E-state index is 0.732. The van der Waals surface area contributed by atoms with Crippen LogP contribution in [-0.4, -0.2) is 28.2 Å². The lowest BCUT2D eigenvalue weighted by Crippen LogP contribution is -2.09. The molecule has 456 valence electrons. The Balaban J connectivity index is 0.776. The van der Waals surface area contributed by atoms with Crippen LogP contribution >= 0.6 is 0 Å². The molecule has 0 fully saturated rings. The highest BCUT2D eigenvalue weighted by Crippen LogP contribution is 2.44. The fourth-order valence-corrected chi connectivity index (χ4v) is 15.6. The van der Waals surface area contributed by atoms with Crippen LogP contribution in [0.25, 0.3) is 188 Å². The topological polar surface area (TPSA) is 45.5 Å². The first-order valence-corrected chi connectivity index (χ1v) is 33.5. The molecule has 0 atom stereocenters. The Morgan fingerprint density at radius 1 is 0.153 bits per heavy atom. The molecule has 0 N–H and O–H groups in total. The highest BCUT2D eigenvalue weighted by Gasteiger charge is 2.25. The van der Waals surface area contributed by atoms with Crippen molar-refractivity contribution in [1.82, 2.24) is 28.2 Å². The third-order valence-electron chi connectivity index (χ3n) is 20.1. The van der Waals surface area contributed by atoms with Crippen molar-refractivity contribution in [3.8, 4) is 89.8 Å². The van der Waals surface area contributed by atoms with Gasteiger partial charge in [-0.05, 0) is 200 Å². The molecule has 0 saturated carbocycles. The van der Waals surface area contributed by atoms with E-state index in [1.807, 2.05) is 0 Å². The van der Waals surface area contributed by atoms with E-state index in [1.54, 1.807) is 0 Å². The summed E-state index contributed by atoms with van der Waals surface area (Å²) in [7, 11) is 0. The van der Waals surface area contributed by atoms with E-state index in [-0.39, 0.29) is 0 Å². The van der Waals surface area contributed by atoms with E-state index in [9.17, 15) is 0 Å². The van der Waals surface area contributed by atoms with E-state index in [1.165, 1.54) is 65.9 Å². The molecule has 98 heavy (non-hydrogen) atoms. The summed E-state index contributed by atoms with van der Waals surface area (Å²) in [4.78, 5) is 11.8. The predicted molar refractivity (Wildman–Crippen MR) is 410 cm³/mol. The minimum absolute atomic E-state index is 0.732. The number of nitrogens with zero attached hydrogens (tertiary/aromatic N) is 6. The molecule has 5 aromatic heterocycles. The Morgan fingerprint density at radius 3 is 0.827 bits per heavy atom. The Bertz CT molecular complexity index is 6530. The van der Waals surface area contributed by atoms with Crippen LogP contribution in [0.1, 0.15) is 0 Å². The van der Waals surface area contributed by atoms with E-state index < -0.39 is 0 Å². The summed E-state index contributed by atoms with van der Waals surface area (Å²) >= 11 is 0. The lowest BCUT2D eigenvalue weighted by atomic mass is 9.92. The van der Waals surface area contributed by atoms with Crippen LogP contribution in [0.15, 0.2) is 352 Å². The highest BCUT2D eigenvalue weighted by molar-refractivity contribution is 6.15. The molecule has 15 aromatic carbocycles. The molecule has 0 unspecified atom stereocenters. The van der Waals surface area contributed by atoms with Gasteiger partial charge in [-0.3, -0.25) is 9.13 Å². The number of aromatic nitrogens is 6. The Labute approximate surface area is 564 Å². The van der Waals surface area contributed by atoms with Crippen LogP contribution < -0.4 is 0 Å². The van der Waals surface area contributed by atoms with Gasteiger partial charge in [0.15, 0.2) is 11.6 Å². The van der Waals surface area contributed by atoms with Crippen LogP contribution in [0.3, 0.4) is 0 Å². The summed E-state index contributed by atoms with van der Waals surface area (Å²) in [6.45, 7) is 0. The quantitative estimate of drug-likeness (QED) is 0.137. The Morgan fingerprint density at radius 2 is 0.418 bits per heavy atom. The summed E-state index contributed by atoms with van der Waals surface area (Å²) in [6, 6.07) is 128. The summed E-state index contributed by atoms with van der Waals surface area (Å²) in [6.07, 6.45) is 0. The van der Waals surface area contributed by atoms with Crippen molar-refractivity contribution < 1.29 is 0 Å². The molecule has 20 rings (SSSR count). The maximum absolute atomic E-state index is 5.93. The van der Waals surface area contributed by atoms with Crippen LogP contribution in [0.4, 0.5) is 0 Å². The highest BCUT2D eigenvalue weighted by atomic mass is 15.2. The van der Waals surface area contributed by atoms with Gasteiger partial charge in [0.2, 0.25) is 0 Å². The van der Waals surface area contributed by atoms with Crippen molar-refractivity contribution in [2.75, 3.05) is 0 Å². The van der Waals surface area contributed by atoms with Crippen LogP contribution in [0.5, 0.6) is 0 Å². The fourth-order valence-electron chi connectivity index (χ4n) is 15.6. The zero-order valence-corrected chi connectivity index (χ0v) is 53.2. The molecule has 0 spiro atoms. The molecule has 0 aliphatic carbocycles. The van der Waals surface area contributed by atoms with Gasteiger partial charge < -0.3 is 9.13 Å². The normalized spacial score (nSPS) is 11.9. The molecule has 0 radical (unpaired) electrons. The second-order valence-electron chi connectivity index (χ2n) is 25.7. The lowest BCUT2D eigenvalue weighted by Gasteiger charge is -2.17. The van der Waals surface area contributed by atoms with E-state index in [4.69, 9.17) is 9.97 Å². The van der Waals surface area contributed by atoms with Crippen LogP contribution in [0, 0.1) is 0 Å². The largest absolute Gasteiger partial charge is 0.309 e. The number of fused-ring (bicyclic) bond motifs is 13. The van der Waals surface area contributed by atoms with Gasteiger partial charge in [0.05, 0.1) is 55.2 Å². The SMILES string of the molecule is c1ccc(-c2cc(-c3ccccc3)cc(-c3cccc(-c4ccc5nc(-n6c7ccccc7c7cc(-c8ccc9c(c8)c8ccccc8n9-c8ccccc8)ccc76)c(-n6c7ccccc7c7cc(-c8ccc9c(c8)c8ccccc8n9-c8ccccc8)ccc76)nc5c4)c3)c2)cc1. The average molecular weight is 1250 g/mol. The monoisotopic (exact) mass is 1250 g/mol. The third kappa shape index (κ3) is 8.89. The van der Waals surface area contributed by atoms with Gasteiger partial charge >= 0.3 is 0 Å². The zero-order valence-electron chi connectivity index (χ0n) is 53.2. The molecule has 5 heterocycles. The Hall–Kier alpha value is -13.2. The number of benzene rings is 15. The van der Waals surface area contributed by atoms with Gasteiger partial charge in [-0.25, -0.2) is 9.97 Å². The van der Waals surface area contributed by atoms with Gasteiger partial charge in [0.1, 0.15) is 0 Å². The number of hydrogen-bond donors (Lipinski definition) is 0. The third-order valence-corrected chi connectivity index (χ3v) is 20.1. The van der Waals surface area contributed by atoms with E-state index in [0.29, 0.717) is 0 Å². The van der Waals surface area contributed by atoms with E-state index >= 15 is 0 Å². The van der Waals surface area contributed by atoms with Crippen LogP contribution in [-0.2, 0) is 0 Å². The van der Waals surface area contributed by atoms with Crippen molar-refractivity contribution >= 4 is 98.3 Å². The molecular formula is C92H58N6. The second-order valence-corrected chi connectivity index (χ2v) is 25.7. The Kier molecular flexibility index (Phi) is 12.6. The van der Waals surface area contributed by atoms with Gasteiger partial charge in [0, 0.05) is 54.5 Å². The molecule has 0 aliphatic rings. The first-order valence-electron chi connectivity index (χ1n) is 33.5. The molecule has 0 aliphatic heterocycles. The van der Waals surface area contributed by atoms with Gasteiger partial charge in [-0.2, -0.15) is 0 Å². The van der Waals surface area contributed by atoms with Gasteiger partial charge in [-0.1, -0.05) is 218 Å². The molecule has 0 bridgehead atoms. The molecule has 6 nitrogen and oxygen atoms in total. The second kappa shape index (κ2) is 22.2. The van der Waals surface area contributed by atoms with Crippen LogP contribution in [0.2, 0.25) is 0 Å². The van der Waals surface area contributed by atoms with Crippen molar-refractivity contribution in [2.24, 2.45) is 0 Å². The van der Waals surface area contributed by atoms with Crippen molar-refractivity contribution in [1.29, 1.82) is 0 Å². The maximum Gasteiger partial charge on any atom is 0.182 e. The van der Waals surface area contributed by atoms with Crippen molar-refractivity contribution in [3.63, 3.8) is 0 Å². The first kappa shape index (κ1) is 55.3. The predicted octanol–water partition coefficient (Wildman–Crippen LogP) is 24.0. The summed E-state index contributed by atoms with van der Waals surface area (Å²) in [5.41, 5.74) is 26.5. The zero-order chi connectivity index (χ0) is 64.4. The van der Waals surface area contributed by atoms with Crippen molar-refractivity contribution in [3.05, 3.63) is 352 Å².